The zero-order valence-corrected chi connectivity index (χ0v) is 15.4. The summed E-state index contributed by atoms with van der Waals surface area (Å²) in [6, 6.07) is 16.4. The van der Waals surface area contributed by atoms with Gasteiger partial charge in [0, 0.05) is 17.3 Å². The molecule has 6 heteroatoms. The van der Waals surface area contributed by atoms with E-state index in [0.717, 1.165) is 16.5 Å². The van der Waals surface area contributed by atoms with E-state index in [1.807, 2.05) is 31.2 Å². The van der Waals surface area contributed by atoms with Gasteiger partial charge in [0.05, 0.1) is 19.4 Å². The Balaban J connectivity index is 1.70. The van der Waals surface area contributed by atoms with Gasteiger partial charge in [-0.25, -0.2) is 0 Å². The number of amides is 1. The minimum absolute atomic E-state index is 0.148. The fraction of sp³-hybridized carbons (Fsp3) is 0.136. The molecule has 1 amide bonds. The van der Waals surface area contributed by atoms with Gasteiger partial charge in [0.2, 0.25) is 0 Å². The number of aromatic nitrogens is 2. The number of hydrogen-bond acceptors (Lipinski definition) is 4. The van der Waals surface area contributed by atoms with Crippen molar-refractivity contribution in [2.75, 3.05) is 0 Å². The zero-order chi connectivity index (χ0) is 19.5. The first-order valence-electron chi connectivity index (χ1n) is 8.95. The number of aromatic amines is 1. The number of furan rings is 1. The maximum absolute atomic E-state index is 13.0. The van der Waals surface area contributed by atoms with Crippen LogP contribution in [0.25, 0.3) is 10.9 Å². The minimum atomic E-state index is -0.264. The Bertz CT molecular complexity index is 1160. The van der Waals surface area contributed by atoms with Crippen molar-refractivity contribution in [2.45, 2.75) is 20.0 Å². The number of fused-ring (bicyclic) bond motifs is 1. The largest absolute Gasteiger partial charge is 0.467 e. The predicted molar refractivity (Wildman–Crippen MR) is 106 cm³/mol. The van der Waals surface area contributed by atoms with Crippen LogP contribution in [0.4, 0.5) is 0 Å². The number of pyridine rings is 2. The van der Waals surface area contributed by atoms with Gasteiger partial charge >= 0.3 is 0 Å². The van der Waals surface area contributed by atoms with Gasteiger partial charge in [-0.3, -0.25) is 14.6 Å². The lowest BCUT2D eigenvalue weighted by molar-refractivity contribution is 0.0711. The number of rotatable bonds is 5. The normalized spacial score (nSPS) is 10.9. The molecule has 0 aliphatic rings. The lowest BCUT2D eigenvalue weighted by Crippen LogP contribution is -2.32. The van der Waals surface area contributed by atoms with Crippen LogP contribution in [-0.4, -0.2) is 20.8 Å². The average Bonchev–Trinajstić information content (AvgIpc) is 3.21. The summed E-state index contributed by atoms with van der Waals surface area (Å²) in [5, 5.41) is 0.920. The van der Waals surface area contributed by atoms with Gasteiger partial charge in [-0.2, -0.15) is 0 Å². The molecule has 0 bridgehead atoms. The third-order valence-electron chi connectivity index (χ3n) is 4.54. The van der Waals surface area contributed by atoms with E-state index in [2.05, 4.69) is 9.97 Å². The summed E-state index contributed by atoms with van der Waals surface area (Å²) in [7, 11) is 0. The molecule has 6 nitrogen and oxygen atoms in total. The van der Waals surface area contributed by atoms with E-state index in [-0.39, 0.29) is 24.6 Å². The second kappa shape index (κ2) is 7.52. The number of nitrogens with one attached hydrogen (secondary N) is 1. The van der Waals surface area contributed by atoms with Crippen LogP contribution < -0.4 is 5.56 Å². The lowest BCUT2D eigenvalue weighted by atomic mass is 10.1. The van der Waals surface area contributed by atoms with Gasteiger partial charge in [-0.15, -0.1) is 0 Å². The number of carbonyl (C=O) groups is 1. The molecule has 3 aromatic heterocycles. The van der Waals surface area contributed by atoms with Gasteiger partial charge < -0.3 is 14.3 Å². The van der Waals surface area contributed by atoms with Crippen LogP contribution in [0, 0.1) is 6.92 Å². The summed E-state index contributed by atoms with van der Waals surface area (Å²) in [4.78, 5) is 34.2. The molecular weight excluding hydrogens is 354 g/mol. The molecule has 3 heterocycles. The highest BCUT2D eigenvalue weighted by molar-refractivity contribution is 5.92. The molecule has 0 saturated carbocycles. The molecule has 0 fully saturated rings. The molecule has 140 valence electrons. The number of hydrogen-bond donors (Lipinski definition) is 1. The minimum Gasteiger partial charge on any atom is -0.467 e. The lowest BCUT2D eigenvalue weighted by Gasteiger charge is -2.21. The molecule has 0 aliphatic heterocycles. The van der Waals surface area contributed by atoms with Crippen LogP contribution in [0.1, 0.15) is 27.4 Å². The molecule has 0 atom stereocenters. The summed E-state index contributed by atoms with van der Waals surface area (Å²) in [5.74, 6) is 0.373. The second-order valence-corrected chi connectivity index (χ2v) is 6.67. The van der Waals surface area contributed by atoms with Crippen molar-refractivity contribution < 1.29 is 9.21 Å². The van der Waals surface area contributed by atoms with Crippen molar-refractivity contribution >= 4 is 16.8 Å². The fourth-order valence-corrected chi connectivity index (χ4v) is 3.12. The molecular formula is C22H19N3O3. The molecule has 28 heavy (non-hydrogen) atoms. The SMILES string of the molecule is Cc1ccc2cc(CN(Cc3ccco3)C(=O)c3ccccn3)c(=O)[nH]c2c1. The second-order valence-electron chi connectivity index (χ2n) is 6.67. The number of H-pyrrole nitrogens is 1. The van der Waals surface area contributed by atoms with Crippen LogP contribution in [0.15, 0.2) is 76.3 Å². The number of aryl methyl sites for hydroxylation is 1. The van der Waals surface area contributed by atoms with Crippen molar-refractivity contribution in [2.24, 2.45) is 0 Å². The van der Waals surface area contributed by atoms with Crippen LogP contribution in [0.5, 0.6) is 0 Å². The molecule has 0 spiro atoms. The van der Waals surface area contributed by atoms with Crippen molar-refractivity contribution in [1.82, 2.24) is 14.9 Å². The Labute approximate surface area is 161 Å². The van der Waals surface area contributed by atoms with Gasteiger partial charge in [0.1, 0.15) is 11.5 Å². The third-order valence-corrected chi connectivity index (χ3v) is 4.54. The third kappa shape index (κ3) is 3.71. The first-order valence-corrected chi connectivity index (χ1v) is 8.95. The summed E-state index contributed by atoms with van der Waals surface area (Å²) < 4.78 is 5.40. The van der Waals surface area contributed by atoms with Gasteiger partial charge in [0.25, 0.3) is 11.5 Å². The maximum atomic E-state index is 13.0. The highest BCUT2D eigenvalue weighted by Gasteiger charge is 2.20. The van der Waals surface area contributed by atoms with Crippen molar-refractivity contribution in [3.8, 4) is 0 Å². The fourth-order valence-electron chi connectivity index (χ4n) is 3.12. The quantitative estimate of drug-likeness (QED) is 0.579. The zero-order valence-electron chi connectivity index (χ0n) is 15.4. The maximum Gasteiger partial charge on any atom is 0.273 e. The Kier molecular flexibility index (Phi) is 4.76. The number of carbonyl (C=O) groups excluding carboxylic acids is 1. The Morgan fingerprint density at radius 3 is 2.75 bits per heavy atom. The van der Waals surface area contributed by atoms with Crippen LogP contribution in [-0.2, 0) is 13.1 Å². The van der Waals surface area contributed by atoms with E-state index in [0.29, 0.717) is 17.0 Å². The molecule has 4 aromatic rings. The van der Waals surface area contributed by atoms with Crippen molar-refractivity contribution in [3.63, 3.8) is 0 Å². The number of benzene rings is 1. The molecule has 0 radical (unpaired) electrons. The standard InChI is InChI=1S/C22H19N3O3/c1-15-7-8-16-12-17(21(26)24-20(16)11-15)13-25(14-18-5-4-10-28-18)22(27)19-6-2-3-9-23-19/h2-12H,13-14H2,1H3,(H,24,26). The van der Waals surface area contributed by atoms with Gasteiger partial charge in [-0.05, 0) is 54.3 Å². The molecule has 1 N–H and O–H groups in total. The average molecular weight is 373 g/mol. The van der Waals surface area contributed by atoms with E-state index in [9.17, 15) is 9.59 Å². The van der Waals surface area contributed by atoms with E-state index < -0.39 is 0 Å². The van der Waals surface area contributed by atoms with Crippen molar-refractivity contribution in [1.29, 1.82) is 0 Å². The van der Waals surface area contributed by atoms with Crippen LogP contribution in [0.2, 0.25) is 0 Å². The first kappa shape index (κ1) is 17.7. The van der Waals surface area contributed by atoms with Gasteiger partial charge in [-0.1, -0.05) is 18.2 Å². The summed E-state index contributed by atoms with van der Waals surface area (Å²) in [6.45, 7) is 2.37. The van der Waals surface area contributed by atoms with E-state index in [4.69, 9.17) is 4.42 Å². The Morgan fingerprint density at radius 1 is 1.11 bits per heavy atom. The summed E-state index contributed by atoms with van der Waals surface area (Å²) in [6.07, 6.45) is 3.13. The predicted octanol–water partition coefficient (Wildman–Crippen LogP) is 3.67. The molecule has 4 rings (SSSR count). The van der Waals surface area contributed by atoms with Crippen molar-refractivity contribution in [3.05, 3.63) is 100.0 Å². The highest BCUT2D eigenvalue weighted by Crippen LogP contribution is 2.16. The van der Waals surface area contributed by atoms with E-state index in [1.165, 1.54) is 0 Å². The van der Waals surface area contributed by atoms with Gasteiger partial charge in [0.15, 0.2) is 0 Å². The Morgan fingerprint density at radius 2 is 2.00 bits per heavy atom. The summed E-state index contributed by atoms with van der Waals surface area (Å²) >= 11 is 0. The monoisotopic (exact) mass is 373 g/mol. The number of nitrogens with zero attached hydrogens (tertiary/aromatic N) is 2. The molecule has 0 aliphatic carbocycles. The van der Waals surface area contributed by atoms with E-state index >= 15 is 0 Å². The Hall–Kier alpha value is -3.67. The molecule has 0 unspecified atom stereocenters. The van der Waals surface area contributed by atoms with Crippen LogP contribution >= 0.6 is 0 Å². The topological polar surface area (TPSA) is 79.2 Å². The van der Waals surface area contributed by atoms with E-state index in [1.54, 1.807) is 47.7 Å². The highest BCUT2D eigenvalue weighted by atomic mass is 16.3. The molecule has 0 saturated heterocycles. The first-order chi connectivity index (χ1) is 13.6. The smallest absolute Gasteiger partial charge is 0.273 e. The summed E-state index contributed by atoms with van der Waals surface area (Å²) in [5.41, 5.74) is 2.47. The van der Waals surface area contributed by atoms with Crippen LogP contribution in [0.3, 0.4) is 0 Å². The molecule has 1 aromatic carbocycles.